The lowest BCUT2D eigenvalue weighted by atomic mass is 10.1. The summed E-state index contributed by atoms with van der Waals surface area (Å²) in [5.41, 5.74) is 6.36. The Kier molecular flexibility index (Phi) is 3.84. The summed E-state index contributed by atoms with van der Waals surface area (Å²) in [5.74, 6) is 0. The van der Waals surface area contributed by atoms with Crippen molar-refractivity contribution >= 4 is 22.7 Å². The van der Waals surface area contributed by atoms with E-state index in [0.29, 0.717) is 0 Å². The molecule has 2 aromatic rings. The van der Waals surface area contributed by atoms with E-state index in [9.17, 15) is 0 Å². The fraction of sp³-hybridized carbons (Fsp3) is 0.368. The van der Waals surface area contributed by atoms with Crippen LogP contribution in [0.4, 0.5) is 22.7 Å². The molecule has 0 amide bonds. The zero-order chi connectivity index (χ0) is 16.7. The van der Waals surface area contributed by atoms with Crippen molar-refractivity contribution in [3.8, 4) is 0 Å². The monoisotopic (exact) mass is 310 g/mol. The molecule has 1 aliphatic heterocycles. The minimum atomic E-state index is 0.209. The minimum Gasteiger partial charge on any atom is -0.378 e. The van der Waals surface area contributed by atoms with E-state index >= 15 is 0 Å². The largest absolute Gasteiger partial charge is 0.378 e. The van der Waals surface area contributed by atoms with Crippen LogP contribution in [0.3, 0.4) is 0 Å². The van der Waals surface area contributed by atoms with Crippen molar-refractivity contribution in [1.82, 2.24) is 0 Å². The smallest absolute Gasteiger partial charge is 0.130 e. The second-order valence-corrected chi connectivity index (χ2v) is 6.62. The molecule has 23 heavy (non-hydrogen) atoms. The van der Waals surface area contributed by atoms with Gasteiger partial charge in [0.15, 0.2) is 0 Å². The molecule has 4 heteroatoms. The molecular formula is C19H26N4. The van der Waals surface area contributed by atoms with Crippen LogP contribution >= 0.6 is 0 Å². The molecule has 0 N–H and O–H groups in total. The summed E-state index contributed by atoms with van der Waals surface area (Å²) in [4.78, 5) is 9.06. The summed E-state index contributed by atoms with van der Waals surface area (Å²) in [6.45, 7) is 0. The SMILES string of the molecule is CN(C)c1ccc(C2N(C)c3ccccc3N2C)c(N(C)C)c1. The lowest BCUT2D eigenvalue weighted by Crippen LogP contribution is -2.32. The molecule has 2 aromatic carbocycles. The molecule has 0 spiro atoms. The number of benzene rings is 2. The summed E-state index contributed by atoms with van der Waals surface area (Å²) < 4.78 is 0. The Morgan fingerprint density at radius 2 is 1.35 bits per heavy atom. The summed E-state index contributed by atoms with van der Waals surface area (Å²) in [7, 11) is 12.7. The van der Waals surface area contributed by atoms with E-state index in [1.165, 1.54) is 28.3 Å². The number of hydrogen-bond donors (Lipinski definition) is 0. The van der Waals surface area contributed by atoms with Gasteiger partial charge in [0.1, 0.15) is 6.17 Å². The van der Waals surface area contributed by atoms with Crippen molar-refractivity contribution in [2.45, 2.75) is 6.17 Å². The maximum absolute atomic E-state index is 2.35. The molecule has 0 radical (unpaired) electrons. The van der Waals surface area contributed by atoms with Gasteiger partial charge in [0.2, 0.25) is 0 Å². The van der Waals surface area contributed by atoms with Crippen LogP contribution in [0.25, 0.3) is 0 Å². The van der Waals surface area contributed by atoms with E-state index < -0.39 is 0 Å². The second-order valence-electron chi connectivity index (χ2n) is 6.62. The van der Waals surface area contributed by atoms with Gasteiger partial charge in [-0.1, -0.05) is 18.2 Å². The maximum atomic E-state index is 2.35. The predicted octanol–water partition coefficient (Wildman–Crippen LogP) is 3.40. The molecule has 0 bridgehead atoms. The van der Waals surface area contributed by atoms with Gasteiger partial charge < -0.3 is 19.6 Å². The quantitative estimate of drug-likeness (QED) is 0.861. The van der Waals surface area contributed by atoms with Gasteiger partial charge in [0.05, 0.1) is 11.4 Å². The van der Waals surface area contributed by atoms with Crippen molar-refractivity contribution < 1.29 is 0 Å². The Morgan fingerprint density at radius 1 is 0.783 bits per heavy atom. The zero-order valence-corrected chi connectivity index (χ0v) is 14.9. The molecule has 0 saturated carbocycles. The van der Waals surface area contributed by atoms with E-state index in [1.807, 2.05) is 0 Å². The minimum absolute atomic E-state index is 0.209. The second kappa shape index (κ2) is 5.69. The molecule has 1 aliphatic rings. The summed E-state index contributed by atoms with van der Waals surface area (Å²) in [5, 5.41) is 0. The Morgan fingerprint density at radius 3 is 1.83 bits per heavy atom. The van der Waals surface area contributed by atoms with Crippen molar-refractivity contribution in [2.75, 3.05) is 61.9 Å². The molecule has 1 heterocycles. The van der Waals surface area contributed by atoms with Gasteiger partial charge in [-0.2, -0.15) is 0 Å². The molecule has 0 fully saturated rings. The Hall–Kier alpha value is -2.36. The molecule has 0 atom stereocenters. The first-order chi connectivity index (χ1) is 10.9. The zero-order valence-electron chi connectivity index (χ0n) is 14.9. The summed E-state index contributed by atoms with van der Waals surface area (Å²) in [6.07, 6.45) is 0.209. The summed E-state index contributed by atoms with van der Waals surface area (Å²) >= 11 is 0. The van der Waals surface area contributed by atoms with Gasteiger partial charge in [0.25, 0.3) is 0 Å². The van der Waals surface area contributed by atoms with Gasteiger partial charge in [-0.25, -0.2) is 0 Å². The lowest BCUT2D eigenvalue weighted by Gasteiger charge is -2.32. The number of para-hydroxylation sites is 2. The van der Waals surface area contributed by atoms with Crippen LogP contribution in [0.15, 0.2) is 42.5 Å². The highest BCUT2D eigenvalue weighted by Gasteiger charge is 2.33. The van der Waals surface area contributed by atoms with E-state index in [-0.39, 0.29) is 6.17 Å². The van der Waals surface area contributed by atoms with Crippen molar-refractivity contribution in [1.29, 1.82) is 0 Å². The number of anilines is 4. The molecular weight excluding hydrogens is 284 g/mol. The third-order valence-electron chi connectivity index (χ3n) is 4.67. The van der Waals surface area contributed by atoms with Gasteiger partial charge in [-0.05, 0) is 24.3 Å². The van der Waals surface area contributed by atoms with E-state index in [1.54, 1.807) is 0 Å². The maximum Gasteiger partial charge on any atom is 0.130 e. The number of hydrogen-bond acceptors (Lipinski definition) is 4. The van der Waals surface area contributed by atoms with Crippen LogP contribution in [0, 0.1) is 0 Å². The lowest BCUT2D eigenvalue weighted by molar-refractivity contribution is 0.693. The Bertz CT molecular complexity index is 679. The van der Waals surface area contributed by atoms with E-state index in [4.69, 9.17) is 0 Å². The highest BCUT2D eigenvalue weighted by molar-refractivity contribution is 5.79. The molecule has 0 saturated heterocycles. The molecule has 0 aliphatic carbocycles. The first-order valence-electron chi connectivity index (χ1n) is 7.95. The van der Waals surface area contributed by atoms with Crippen LogP contribution < -0.4 is 19.6 Å². The first-order valence-corrected chi connectivity index (χ1v) is 7.95. The molecule has 122 valence electrons. The Labute approximate surface area is 139 Å². The Balaban J connectivity index is 2.09. The standard InChI is InChI=1S/C19H26N4/c1-20(2)14-11-12-15(18(13-14)21(3)4)19-22(5)16-9-7-8-10-17(16)23(19)6/h7-13,19H,1-6H3. The van der Waals surface area contributed by atoms with Crippen LogP contribution in [0.1, 0.15) is 11.7 Å². The molecule has 4 nitrogen and oxygen atoms in total. The van der Waals surface area contributed by atoms with E-state index in [2.05, 4.69) is 104 Å². The van der Waals surface area contributed by atoms with Crippen LogP contribution in [0.5, 0.6) is 0 Å². The molecule has 0 unspecified atom stereocenters. The van der Waals surface area contributed by atoms with Gasteiger partial charge in [-0.15, -0.1) is 0 Å². The highest BCUT2D eigenvalue weighted by Crippen LogP contribution is 2.46. The highest BCUT2D eigenvalue weighted by atomic mass is 15.4. The normalized spacial score (nSPS) is 14.2. The molecule has 0 aromatic heterocycles. The van der Waals surface area contributed by atoms with Crippen molar-refractivity contribution in [3.63, 3.8) is 0 Å². The fourth-order valence-electron chi connectivity index (χ4n) is 3.42. The predicted molar refractivity (Wildman–Crippen MR) is 101 cm³/mol. The van der Waals surface area contributed by atoms with E-state index in [0.717, 1.165) is 0 Å². The number of rotatable bonds is 3. The third-order valence-corrected chi connectivity index (χ3v) is 4.67. The number of nitrogens with zero attached hydrogens (tertiary/aromatic N) is 4. The van der Waals surface area contributed by atoms with Crippen molar-refractivity contribution in [3.05, 3.63) is 48.0 Å². The average molecular weight is 310 g/mol. The number of fused-ring (bicyclic) bond motifs is 1. The van der Waals surface area contributed by atoms with Gasteiger partial charge in [0, 0.05) is 59.2 Å². The first kappa shape index (κ1) is 15.5. The third kappa shape index (κ3) is 2.48. The van der Waals surface area contributed by atoms with Crippen LogP contribution in [-0.4, -0.2) is 42.3 Å². The van der Waals surface area contributed by atoms with Gasteiger partial charge >= 0.3 is 0 Å². The van der Waals surface area contributed by atoms with Gasteiger partial charge in [-0.3, -0.25) is 0 Å². The van der Waals surface area contributed by atoms with Crippen LogP contribution in [-0.2, 0) is 0 Å². The topological polar surface area (TPSA) is 13.0 Å². The fourth-order valence-corrected chi connectivity index (χ4v) is 3.42. The average Bonchev–Trinajstić information content (AvgIpc) is 2.78. The molecule has 3 rings (SSSR count). The summed E-state index contributed by atoms with van der Waals surface area (Å²) in [6, 6.07) is 15.3. The van der Waals surface area contributed by atoms with Crippen LogP contribution in [0.2, 0.25) is 0 Å². The van der Waals surface area contributed by atoms with Crippen molar-refractivity contribution in [2.24, 2.45) is 0 Å².